The van der Waals surface area contributed by atoms with E-state index in [1.54, 1.807) is 11.1 Å². The maximum atomic E-state index is 3.57. The van der Waals surface area contributed by atoms with Crippen molar-refractivity contribution in [3.05, 3.63) is 216 Å². The van der Waals surface area contributed by atoms with Crippen LogP contribution in [0.2, 0.25) is 0 Å². The Labute approximate surface area is 310 Å². The highest BCUT2D eigenvalue weighted by Gasteiger charge is 2.25. The van der Waals surface area contributed by atoms with Crippen molar-refractivity contribution in [1.82, 2.24) is 0 Å². The molecule has 2 aliphatic carbocycles. The molecule has 1 nitrogen and oxygen atoms in total. The van der Waals surface area contributed by atoms with Gasteiger partial charge in [0.1, 0.15) is 0 Å². The van der Waals surface area contributed by atoms with Crippen LogP contribution in [0.15, 0.2) is 187 Å². The van der Waals surface area contributed by atoms with Crippen LogP contribution in [0.1, 0.15) is 55.7 Å². The lowest BCUT2D eigenvalue weighted by molar-refractivity contribution is 0.655. The maximum Gasteiger partial charge on any atom is 0.0386 e. The normalized spacial score (nSPS) is 16.4. The Hall–Kier alpha value is -6.10. The molecule has 7 rings (SSSR count). The average Bonchev–Trinajstić information content (AvgIpc) is 3.21. The van der Waals surface area contributed by atoms with E-state index in [0.717, 1.165) is 35.2 Å². The van der Waals surface area contributed by atoms with Crippen LogP contribution in [0.5, 0.6) is 0 Å². The van der Waals surface area contributed by atoms with Gasteiger partial charge in [-0.15, -0.1) is 0 Å². The largest absolute Gasteiger partial charge is 0.362 e. The van der Waals surface area contributed by atoms with Crippen molar-refractivity contribution in [2.75, 3.05) is 5.32 Å². The number of hydrogen-bond acceptors (Lipinski definition) is 1. The lowest BCUT2D eigenvalue weighted by atomic mass is 9.74. The molecule has 1 heteroatoms. The van der Waals surface area contributed by atoms with Gasteiger partial charge in [0.25, 0.3) is 0 Å². The second kappa shape index (κ2) is 17.2. The van der Waals surface area contributed by atoms with Gasteiger partial charge in [0.15, 0.2) is 0 Å². The highest BCUT2D eigenvalue weighted by molar-refractivity contribution is 5.87. The monoisotopic (exact) mass is 671 g/mol. The molecule has 0 aromatic heterocycles. The predicted octanol–water partition coefficient (Wildman–Crippen LogP) is 13.7. The minimum absolute atomic E-state index is 0.399. The van der Waals surface area contributed by atoms with Crippen LogP contribution in [-0.2, 0) is 0 Å². The third-order valence-corrected chi connectivity index (χ3v) is 9.88. The zero-order valence-corrected chi connectivity index (χ0v) is 29.9. The van der Waals surface area contributed by atoms with Crippen LogP contribution in [-0.4, -0.2) is 0 Å². The first kappa shape index (κ1) is 34.4. The summed E-state index contributed by atoms with van der Waals surface area (Å²) in [6, 6.07) is 49.3. The summed E-state index contributed by atoms with van der Waals surface area (Å²) in [4.78, 5) is 0. The van der Waals surface area contributed by atoms with Gasteiger partial charge < -0.3 is 5.32 Å². The molecule has 0 saturated heterocycles. The smallest absolute Gasteiger partial charge is 0.0386 e. The summed E-state index contributed by atoms with van der Waals surface area (Å²) in [7, 11) is 0. The fourth-order valence-corrected chi connectivity index (χ4v) is 7.26. The predicted molar refractivity (Wildman–Crippen MR) is 223 cm³/mol. The van der Waals surface area contributed by atoms with Crippen LogP contribution in [0.4, 0.5) is 5.69 Å². The number of benzene rings is 4. The van der Waals surface area contributed by atoms with Crippen LogP contribution < -0.4 is 5.32 Å². The van der Waals surface area contributed by atoms with Gasteiger partial charge in [-0.25, -0.2) is 0 Å². The molecule has 5 aromatic carbocycles. The first-order valence-electron chi connectivity index (χ1n) is 18.5. The van der Waals surface area contributed by atoms with E-state index < -0.39 is 0 Å². The van der Waals surface area contributed by atoms with E-state index in [9.17, 15) is 0 Å². The van der Waals surface area contributed by atoms with E-state index in [1.165, 1.54) is 52.7 Å². The molecule has 1 N–H and O–H groups in total. The SMILES string of the molecule is C/C=C\C=C/C1C=C2CCCCC2=C(c2ccc(N/C=C/C=C(\C=C/c3ccc(-c4ccccc4)cc3)c3ccccc3)cc2-c2c#cccc2)C1. The molecule has 2 aliphatic rings. The van der Waals surface area contributed by atoms with Gasteiger partial charge in [0.2, 0.25) is 0 Å². The molecule has 1 fully saturated rings. The number of allylic oxidation sites excluding steroid dienone is 12. The van der Waals surface area contributed by atoms with E-state index in [1.807, 2.05) is 12.3 Å². The van der Waals surface area contributed by atoms with Gasteiger partial charge in [-0.05, 0) is 131 Å². The molecule has 0 amide bonds. The molecule has 0 aliphatic heterocycles. The van der Waals surface area contributed by atoms with Gasteiger partial charge in [-0.1, -0.05) is 158 Å². The third kappa shape index (κ3) is 8.60. The number of anilines is 1. The van der Waals surface area contributed by atoms with E-state index >= 15 is 0 Å². The minimum Gasteiger partial charge on any atom is -0.362 e. The average molecular weight is 672 g/mol. The first-order valence-corrected chi connectivity index (χ1v) is 18.5. The van der Waals surface area contributed by atoms with Crippen LogP contribution >= 0.6 is 0 Å². The molecule has 0 spiro atoms. The van der Waals surface area contributed by atoms with Crippen molar-refractivity contribution in [3.8, 4) is 22.3 Å². The van der Waals surface area contributed by atoms with Crippen molar-refractivity contribution >= 4 is 22.9 Å². The van der Waals surface area contributed by atoms with Gasteiger partial charge >= 0.3 is 0 Å². The molecular formula is C51H45N. The zero-order valence-electron chi connectivity index (χ0n) is 29.9. The Morgan fingerprint density at radius 3 is 2.31 bits per heavy atom. The Morgan fingerprint density at radius 1 is 0.731 bits per heavy atom. The molecule has 0 heterocycles. The Bertz CT molecular complexity index is 2160. The van der Waals surface area contributed by atoms with E-state index in [-0.39, 0.29) is 0 Å². The Balaban J connectivity index is 1.15. The zero-order chi connectivity index (χ0) is 35.4. The van der Waals surface area contributed by atoms with E-state index in [4.69, 9.17) is 0 Å². The van der Waals surface area contributed by atoms with Crippen molar-refractivity contribution in [2.45, 2.75) is 39.0 Å². The Morgan fingerprint density at radius 2 is 1.52 bits per heavy atom. The third-order valence-electron chi connectivity index (χ3n) is 9.88. The lowest BCUT2D eigenvalue weighted by Crippen LogP contribution is -2.12. The summed E-state index contributed by atoms with van der Waals surface area (Å²) < 4.78 is 0. The maximum absolute atomic E-state index is 3.57. The van der Waals surface area contributed by atoms with Crippen LogP contribution in [0.25, 0.3) is 39.5 Å². The molecule has 1 unspecified atom stereocenters. The molecule has 0 radical (unpaired) electrons. The number of fused-ring (bicyclic) bond motifs is 1. The van der Waals surface area contributed by atoms with Crippen molar-refractivity contribution in [1.29, 1.82) is 0 Å². The fraction of sp³-hybridized carbons (Fsp3) is 0.137. The highest BCUT2D eigenvalue weighted by atomic mass is 14.8. The molecule has 254 valence electrons. The summed E-state index contributed by atoms with van der Waals surface area (Å²) in [6.45, 7) is 2.07. The highest BCUT2D eigenvalue weighted by Crippen LogP contribution is 2.45. The van der Waals surface area contributed by atoms with Gasteiger partial charge in [-0.2, -0.15) is 0 Å². The minimum atomic E-state index is 0.399. The molecular weight excluding hydrogens is 627 g/mol. The molecule has 1 atom stereocenters. The Kier molecular flexibility index (Phi) is 11.4. The molecule has 0 bridgehead atoms. The number of nitrogens with one attached hydrogen (secondary N) is 1. The van der Waals surface area contributed by atoms with Gasteiger partial charge in [0, 0.05) is 17.5 Å². The topological polar surface area (TPSA) is 12.0 Å². The molecule has 5 aromatic rings. The summed E-state index contributed by atoms with van der Waals surface area (Å²) in [5.41, 5.74) is 15.1. The second-order valence-corrected chi connectivity index (χ2v) is 13.4. The summed E-state index contributed by atoms with van der Waals surface area (Å²) in [5.74, 6) is 0.399. The standard InChI is InChI=1S/C51H45N/c1-2-3-7-17-40-36-46-24-14-15-26-48(46)51(37-40)49-34-33-47(38-50(49)45-22-12-6-13-23-45)52-35-16-25-43(41-18-8-4-9-19-41)30-27-39-28-31-44(32-29-39)42-20-10-5-11-21-42/h2-12,16-22,25,27-36,38,40,52H,14-15,24,26,37H2,1H3/b3-2-,17-7-,30-27-,35-16+,43-25+. The number of hydrogen-bond donors (Lipinski definition) is 1. The van der Waals surface area contributed by atoms with Crippen LogP contribution in [0.3, 0.4) is 0 Å². The second-order valence-electron chi connectivity index (χ2n) is 13.4. The quantitative estimate of drug-likeness (QED) is 0.138. The lowest BCUT2D eigenvalue weighted by Gasteiger charge is -2.30. The molecule has 52 heavy (non-hydrogen) atoms. The summed E-state index contributed by atoms with van der Waals surface area (Å²) in [5, 5.41) is 3.57. The van der Waals surface area contributed by atoms with Gasteiger partial charge in [-0.3, -0.25) is 0 Å². The van der Waals surface area contributed by atoms with Crippen molar-refractivity contribution in [2.24, 2.45) is 5.92 Å². The van der Waals surface area contributed by atoms with Crippen molar-refractivity contribution in [3.63, 3.8) is 0 Å². The summed E-state index contributed by atoms with van der Waals surface area (Å²) >= 11 is 0. The first-order chi connectivity index (χ1) is 25.7. The van der Waals surface area contributed by atoms with E-state index in [2.05, 4.69) is 194 Å². The van der Waals surface area contributed by atoms with Crippen molar-refractivity contribution < 1.29 is 0 Å². The summed E-state index contributed by atoms with van der Waals surface area (Å²) in [6.07, 6.45) is 27.8. The van der Waals surface area contributed by atoms with Crippen LogP contribution in [0, 0.1) is 18.1 Å². The fourth-order valence-electron chi connectivity index (χ4n) is 7.26. The number of rotatable bonds is 11. The molecule has 1 saturated carbocycles. The van der Waals surface area contributed by atoms with Gasteiger partial charge in [0.05, 0.1) is 0 Å². The van der Waals surface area contributed by atoms with E-state index in [0.29, 0.717) is 5.92 Å².